The predicted molar refractivity (Wildman–Crippen MR) is 163 cm³/mol. The van der Waals surface area contributed by atoms with Crippen molar-refractivity contribution in [3.63, 3.8) is 0 Å². The van der Waals surface area contributed by atoms with Gasteiger partial charge in [0, 0.05) is 11.0 Å². The van der Waals surface area contributed by atoms with Crippen LogP contribution in [0.3, 0.4) is 0 Å². The zero-order valence-corrected chi connectivity index (χ0v) is 24.2. The van der Waals surface area contributed by atoms with Gasteiger partial charge in [-0.3, -0.25) is 0 Å². The number of hydrogen-bond acceptors (Lipinski definition) is 5. The van der Waals surface area contributed by atoms with Crippen molar-refractivity contribution in [1.82, 2.24) is 0 Å². The number of amides is 1. The van der Waals surface area contributed by atoms with E-state index >= 15 is 0 Å². The Morgan fingerprint density at radius 1 is 0.805 bits per heavy atom. The molecular weight excluding hydrogens is 540 g/mol. The van der Waals surface area contributed by atoms with Crippen LogP contribution in [0.2, 0.25) is 0 Å². The summed E-state index contributed by atoms with van der Waals surface area (Å²) >= 11 is 0. The van der Waals surface area contributed by atoms with E-state index < -0.39 is 6.09 Å². The Balaban J connectivity index is 0.00000462. The molecule has 41 heavy (non-hydrogen) atoms. The zero-order chi connectivity index (χ0) is 28.5. The van der Waals surface area contributed by atoms with E-state index in [2.05, 4.69) is 37.0 Å². The van der Waals surface area contributed by atoms with Crippen molar-refractivity contribution in [2.45, 2.75) is 39.4 Å². The summed E-state index contributed by atoms with van der Waals surface area (Å²) in [6.07, 6.45) is -0.712. The number of phenols is 1. The van der Waals surface area contributed by atoms with E-state index in [1.54, 1.807) is 43.3 Å². The van der Waals surface area contributed by atoms with E-state index in [0.29, 0.717) is 24.5 Å². The van der Waals surface area contributed by atoms with Crippen LogP contribution in [-0.4, -0.2) is 23.6 Å². The molecule has 0 aliphatic heterocycles. The SMILES string of the molecule is CCOC(=O)/N=C(\N)c1ccc(OCc2cccc(COc3ccc(C(C)(C)c4ccc(O)cc4)cc3)c2)cc1.Cl. The first kappa shape index (κ1) is 31.0. The van der Waals surface area contributed by atoms with Crippen LogP contribution in [0.4, 0.5) is 4.79 Å². The molecule has 4 rings (SSSR count). The number of hydrogen-bond donors (Lipinski definition) is 2. The van der Waals surface area contributed by atoms with Crippen LogP contribution in [0.1, 0.15) is 48.6 Å². The van der Waals surface area contributed by atoms with Crippen molar-refractivity contribution in [2.75, 3.05) is 6.61 Å². The highest BCUT2D eigenvalue weighted by atomic mass is 35.5. The third-order valence-electron chi connectivity index (χ3n) is 6.60. The lowest BCUT2D eigenvalue weighted by molar-refractivity contribution is 0.163. The number of rotatable bonds is 10. The van der Waals surface area contributed by atoms with Crippen molar-refractivity contribution in [3.8, 4) is 17.2 Å². The normalized spacial score (nSPS) is 11.3. The minimum atomic E-state index is -0.712. The lowest BCUT2D eigenvalue weighted by Crippen LogP contribution is -2.18. The average Bonchev–Trinajstić information content (AvgIpc) is 2.96. The smallest absolute Gasteiger partial charge is 0.435 e. The zero-order valence-electron chi connectivity index (χ0n) is 23.4. The monoisotopic (exact) mass is 574 g/mol. The molecule has 0 saturated heterocycles. The molecule has 8 heteroatoms. The van der Waals surface area contributed by atoms with Gasteiger partial charge in [0.25, 0.3) is 0 Å². The van der Waals surface area contributed by atoms with E-state index in [-0.39, 0.29) is 36.0 Å². The van der Waals surface area contributed by atoms with Crippen LogP contribution in [0.15, 0.2) is 102 Å². The molecule has 4 aromatic carbocycles. The molecule has 7 nitrogen and oxygen atoms in total. The van der Waals surface area contributed by atoms with Gasteiger partial charge in [-0.25, -0.2) is 4.79 Å². The van der Waals surface area contributed by atoms with Crippen LogP contribution >= 0.6 is 12.4 Å². The number of aliphatic imine (C=N–C) groups is 1. The fourth-order valence-electron chi connectivity index (χ4n) is 4.20. The van der Waals surface area contributed by atoms with Crippen LogP contribution in [0.25, 0.3) is 0 Å². The second-order valence-corrected chi connectivity index (χ2v) is 9.81. The summed E-state index contributed by atoms with van der Waals surface area (Å²) in [5, 5.41) is 9.60. The van der Waals surface area contributed by atoms with Gasteiger partial charge in [-0.15, -0.1) is 12.4 Å². The Kier molecular flexibility index (Phi) is 10.8. The van der Waals surface area contributed by atoms with E-state index in [1.807, 2.05) is 42.5 Å². The number of amidine groups is 1. The third-order valence-corrected chi connectivity index (χ3v) is 6.60. The molecule has 0 aromatic heterocycles. The van der Waals surface area contributed by atoms with Crippen molar-refractivity contribution < 1.29 is 24.1 Å². The number of carbonyl (C=O) groups is 1. The second kappa shape index (κ2) is 14.2. The molecule has 1 amide bonds. The Labute approximate surface area is 247 Å². The number of halogens is 1. The molecule has 0 bridgehead atoms. The molecule has 0 fully saturated rings. The molecule has 0 unspecified atom stereocenters. The third kappa shape index (κ3) is 8.50. The first-order valence-corrected chi connectivity index (χ1v) is 13.1. The summed E-state index contributed by atoms with van der Waals surface area (Å²) in [5.74, 6) is 1.81. The van der Waals surface area contributed by atoms with E-state index in [0.717, 1.165) is 28.0 Å². The van der Waals surface area contributed by atoms with E-state index in [1.165, 1.54) is 0 Å². The van der Waals surface area contributed by atoms with Gasteiger partial charge in [0.15, 0.2) is 0 Å². The van der Waals surface area contributed by atoms with Gasteiger partial charge >= 0.3 is 6.09 Å². The average molecular weight is 575 g/mol. The summed E-state index contributed by atoms with van der Waals surface area (Å²) in [6.45, 7) is 7.09. The standard InChI is InChI=1S/C33H34N2O5.ClH/c1-4-38-32(37)35-31(34)25-8-16-29(17-9-25)39-21-23-6-5-7-24(20-23)22-40-30-18-12-27(13-19-30)33(2,3)26-10-14-28(36)15-11-26;/h5-20,36H,4,21-22H2,1-3H3,(H2,34,35,37);1H. The summed E-state index contributed by atoms with van der Waals surface area (Å²) in [4.78, 5) is 15.2. The van der Waals surface area contributed by atoms with Gasteiger partial charge in [0.1, 0.15) is 36.3 Å². The van der Waals surface area contributed by atoms with Gasteiger partial charge in [-0.2, -0.15) is 4.99 Å². The highest BCUT2D eigenvalue weighted by Gasteiger charge is 2.23. The highest BCUT2D eigenvalue weighted by molar-refractivity contribution is 6.02. The maximum absolute atomic E-state index is 11.5. The van der Waals surface area contributed by atoms with E-state index in [4.69, 9.17) is 19.9 Å². The van der Waals surface area contributed by atoms with Crippen molar-refractivity contribution in [3.05, 3.63) is 125 Å². The molecule has 4 aromatic rings. The summed E-state index contributed by atoms with van der Waals surface area (Å²) in [7, 11) is 0. The Morgan fingerprint density at radius 3 is 1.80 bits per heavy atom. The topological polar surface area (TPSA) is 103 Å². The molecular formula is C33H35ClN2O5. The quantitative estimate of drug-likeness (QED) is 0.154. The molecule has 0 spiro atoms. The van der Waals surface area contributed by atoms with Crippen LogP contribution in [0, 0.1) is 0 Å². The highest BCUT2D eigenvalue weighted by Crippen LogP contribution is 2.33. The second-order valence-electron chi connectivity index (χ2n) is 9.81. The van der Waals surface area contributed by atoms with Gasteiger partial charge < -0.3 is 25.1 Å². The fourth-order valence-corrected chi connectivity index (χ4v) is 4.20. The number of carbonyl (C=O) groups excluding carboxylic acids is 1. The number of benzene rings is 4. The fraction of sp³-hybridized carbons (Fsp3) is 0.212. The molecule has 0 aliphatic rings. The number of nitrogens with zero attached hydrogens (tertiary/aromatic N) is 1. The van der Waals surface area contributed by atoms with Crippen molar-refractivity contribution >= 4 is 24.3 Å². The molecule has 0 heterocycles. The molecule has 0 atom stereocenters. The van der Waals surface area contributed by atoms with Crippen LogP contribution in [0.5, 0.6) is 17.2 Å². The van der Waals surface area contributed by atoms with E-state index in [9.17, 15) is 9.90 Å². The van der Waals surface area contributed by atoms with Crippen molar-refractivity contribution in [1.29, 1.82) is 0 Å². The summed E-state index contributed by atoms with van der Waals surface area (Å²) < 4.78 is 16.8. The molecule has 3 N–H and O–H groups in total. The number of phenolic OH excluding ortho intramolecular Hbond substituents is 1. The summed E-state index contributed by atoms with van der Waals surface area (Å²) in [5.41, 5.74) is 10.6. The largest absolute Gasteiger partial charge is 0.508 e. The van der Waals surface area contributed by atoms with Gasteiger partial charge in [0.2, 0.25) is 0 Å². The van der Waals surface area contributed by atoms with Gasteiger partial charge in [-0.1, -0.05) is 56.3 Å². The molecule has 0 saturated carbocycles. The van der Waals surface area contributed by atoms with Gasteiger partial charge in [0.05, 0.1) is 6.61 Å². The van der Waals surface area contributed by atoms with Crippen LogP contribution < -0.4 is 15.2 Å². The number of aromatic hydroxyl groups is 1. The number of nitrogens with two attached hydrogens (primary N) is 1. The maximum Gasteiger partial charge on any atom is 0.435 e. The lowest BCUT2D eigenvalue weighted by Gasteiger charge is -2.26. The Bertz CT molecular complexity index is 1450. The first-order chi connectivity index (χ1) is 19.2. The minimum Gasteiger partial charge on any atom is -0.508 e. The summed E-state index contributed by atoms with van der Waals surface area (Å²) in [6, 6.07) is 30.6. The lowest BCUT2D eigenvalue weighted by atomic mass is 9.78. The molecule has 214 valence electrons. The van der Waals surface area contributed by atoms with Crippen molar-refractivity contribution in [2.24, 2.45) is 10.7 Å². The van der Waals surface area contributed by atoms with Gasteiger partial charge in [-0.05, 0) is 83.8 Å². The Morgan fingerprint density at radius 2 is 1.29 bits per heavy atom. The minimum absolute atomic E-state index is 0. The predicted octanol–water partition coefficient (Wildman–Crippen LogP) is 7.16. The van der Waals surface area contributed by atoms with Crippen LogP contribution in [-0.2, 0) is 23.4 Å². The molecule has 0 aliphatic carbocycles. The Hall–Kier alpha value is -4.49. The molecule has 0 radical (unpaired) electrons. The maximum atomic E-state index is 11.5. The first-order valence-electron chi connectivity index (χ1n) is 13.1. The number of ether oxygens (including phenoxy) is 3.